The van der Waals surface area contributed by atoms with Gasteiger partial charge in [-0.1, -0.05) is 0 Å². The van der Waals surface area contributed by atoms with Crippen LogP contribution in [0.3, 0.4) is 0 Å². The molecule has 1 aromatic carbocycles. The number of hydrogen-bond acceptors (Lipinski definition) is 4. The van der Waals surface area contributed by atoms with Crippen LogP contribution in [0.2, 0.25) is 0 Å². The number of rotatable bonds is 5. The monoisotopic (exact) mass is 311 g/mol. The van der Waals surface area contributed by atoms with E-state index in [2.05, 4.69) is 15.4 Å². The fourth-order valence-electron chi connectivity index (χ4n) is 2.07. The Hall–Kier alpha value is -1.93. The van der Waals surface area contributed by atoms with Crippen LogP contribution in [0.15, 0.2) is 23.1 Å². The van der Waals surface area contributed by atoms with Gasteiger partial charge in [0, 0.05) is 12.2 Å². The standard InChI is InChI=1S/C13H17N3O4S/c1-3-14-12(17)7-15-21(19,20)9-4-5-11-10(6-9)8(2)13(18)16-11/h4-6,8,15H,3,7H2,1-2H3,(H,14,17)(H,16,18)/t8-/m0/s1. The molecule has 1 aliphatic rings. The molecule has 7 nitrogen and oxygen atoms in total. The van der Waals surface area contributed by atoms with Crippen molar-refractivity contribution in [1.29, 1.82) is 0 Å². The van der Waals surface area contributed by atoms with E-state index in [0.717, 1.165) is 0 Å². The third kappa shape index (κ3) is 3.22. The molecular formula is C13H17N3O4S. The lowest BCUT2D eigenvalue weighted by Crippen LogP contribution is -2.36. The van der Waals surface area contributed by atoms with Crippen molar-refractivity contribution >= 4 is 27.5 Å². The quantitative estimate of drug-likeness (QED) is 0.720. The first kappa shape index (κ1) is 15.5. The van der Waals surface area contributed by atoms with Gasteiger partial charge in [-0.25, -0.2) is 13.1 Å². The zero-order chi connectivity index (χ0) is 15.6. The second-order valence-corrected chi connectivity index (χ2v) is 6.51. The van der Waals surface area contributed by atoms with Crippen molar-refractivity contribution < 1.29 is 18.0 Å². The third-order valence-electron chi connectivity index (χ3n) is 3.25. The molecule has 0 saturated heterocycles. The van der Waals surface area contributed by atoms with Crippen LogP contribution in [-0.2, 0) is 19.6 Å². The molecule has 8 heteroatoms. The summed E-state index contributed by atoms with van der Waals surface area (Å²) in [5, 5.41) is 5.18. The maximum Gasteiger partial charge on any atom is 0.241 e. The lowest BCUT2D eigenvalue weighted by atomic mass is 10.0. The largest absolute Gasteiger partial charge is 0.355 e. The van der Waals surface area contributed by atoms with Gasteiger partial charge in [0.25, 0.3) is 0 Å². The van der Waals surface area contributed by atoms with Crippen LogP contribution in [0.5, 0.6) is 0 Å². The summed E-state index contributed by atoms with van der Waals surface area (Å²) in [4.78, 5) is 22.9. The molecule has 1 aliphatic heterocycles. The van der Waals surface area contributed by atoms with Crippen LogP contribution in [0, 0.1) is 0 Å². The molecule has 1 atom stereocenters. The third-order valence-corrected chi connectivity index (χ3v) is 4.65. The number of hydrogen-bond donors (Lipinski definition) is 3. The van der Waals surface area contributed by atoms with Gasteiger partial charge in [0.05, 0.1) is 17.4 Å². The number of likely N-dealkylation sites (N-methyl/N-ethyl adjacent to an activating group) is 1. The molecule has 0 aliphatic carbocycles. The van der Waals surface area contributed by atoms with Crippen LogP contribution in [0.4, 0.5) is 5.69 Å². The predicted octanol–water partition coefficient (Wildman–Crippen LogP) is 0.157. The number of anilines is 1. The van der Waals surface area contributed by atoms with Gasteiger partial charge in [-0.3, -0.25) is 9.59 Å². The first-order chi connectivity index (χ1) is 9.85. The zero-order valence-electron chi connectivity index (χ0n) is 11.8. The van der Waals surface area contributed by atoms with Gasteiger partial charge in [-0.15, -0.1) is 0 Å². The Morgan fingerprint density at radius 3 is 2.76 bits per heavy atom. The summed E-state index contributed by atoms with van der Waals surface area (Å²) >= 11 is 0. The van der Waals surface area contributed by atoms with Gasteiger partial charge in [0.1, 0.15) is 0 Å². The highest BCUT2D eigenvalue weighted by Gasteiger charge is 2.28. The minimum Gasteiger partial charge on any atom is -0.355 e. The molecule has 1 heterocycles. The molecule has 0 radical (unpaired) electrons. The summed E-state index contributed by atoms with van der Waals surface area (Å²) in [5.74, 6) is -0.944. The summed E-state index contributed by atoms with van der Waals surface area (Å²) < 4.78 is 26.5. The van der Waals surface area contributed by atoms with Crippen molar-refractivity contribution in [2.45, 2.75) is 24.7 Å². The number of carbonyl (C=O) groups excluding carboxylic acids is 2. The van der Waals surface area contributed by atoms with E-state index in [1.165, 1.54) is 12.1 Å². The Morgan fingerprint density at radius 2 is 2.10 bits per heavy atom. The lowest BCUT2D eigenvalue weighted by molar-refractivity contribution is -0.120. The van der Waals surface area contributed by atoms with E-state index in [-0.39, 0.29) is 17.3 Å². The summed E-state index contributed by atoms with van der Waals surface area (Å²) in [6, 6.07) is 4.41. The molecule has 3 N–H and O–H groups in total. The van der Waals surface area contributed by atoms with E-state index in [0.29, 0.717) is 17.8 Å². The molecule has 0 fully saturated rings. The van der Waals surface area contributed by atoms with Crippen molar-refractivity contribution in [2.24, 2.45) is 0 Å². The van der Waals surface area contributed by atoms with Gasteiger partial charge >= 0.3 is 0 Å². The van der Waals surface area contributed by atoms with Gasteiger partial charge in [-0.2, -0.15) is 0 Å². The van der Waals surface area contributed by atoms with Crippen LogP contribution in [0.1, 0.15) is 25.3 Å². The van der Waals surface area contributed by atoms with Crippen LogP contribution >= 0.6 is 0 Å². The zero-order valence-corrected chi connectivity index (χ0v) is 12.6. The first-order valence-electron chi connectivity index (χ1n) is 6.56. The average Bonchev–Trinajstić information content (AvgIpc) is 2.72. The number of sulfonamides is 1. The summed E-state index contributed by atoms with van der Waals surface area (Å²) in [5.41, 5.74) is 1.26. The van der Waals surface area contributed by atoms with Gasteiger partial charge in [0.2, 0.25) is 21.8 Å². The molecule has 0 bridgehead atoms. The van der Waals surface area contributed by atoms with Crippen molar-refractivity contribution in [3.63, 3.8) is 0 Å². The lowest BCUT2D eigenvalue weighted by Gasteiger charge is -2.09. The van der Waals surface area contributed by atoms with E-state index in [9.17, 15) is 18.0 Å². The van der Waals surface area contributed by atoms with E-state index < -0.39 is 21.8 Å². The molecular weight excluding hydrogens is 294 g/mol. The summed E-state index contributed by atoms with van der Waals surface area (Å²) in [6.45, 7) is 3.57. The minimum atomic E-state index is -3.79. The van der Waals surface area contributed by atoms with Crippen molar-refractivity contribution in [2.75, 3.05) is 18.4 Å². The highest BCUT2D eigenvalue weighted by Crippen LogP contribution is 2.33. The van der Waals surface area contributed by atoms with Crippen molar-refractivity contribution in [3.8, 4) is 0 Å². The Balaban J connectivity index is 2.19. The molecule has 21 heavy (non-hydrogen) atoms. The Kier molecular flexibility index (Phi) is 4.29. The second kappa shape index (κ2) is 5.82. The van der Waals surface area contributed by atoms with Crippen molar-refractivity contribution in [3.05, 3.63) is 23.8 Å². The van der Waals surface area contributed by atoms with E-state index >= 15 is 0 Å². The van der Waals surface area contributed by atoms with Crippen LogP contribution in [-0.4, -0.2) is 33.3 Å². The normalized spacial score (nSPS) is 17.2. The molecule has 0 unspecified atom stereocenters. The smallest absolute Gasteiger partial charge is 0.241 e. The molecule has 0 saturated carbocycles. The number of fused-ring (bicyclic) bond motifs is 1. The number of amides is 2. The highest BCUT2D eigenvalue weighted by molar-refractivity contribution is 7.89. The predicted molar refractivity (Wildman–Crippen MR) is 77.4 cm³/mol. The van der Waals surface area contributed by atoms with E-state index in [4.69, 9.17) is 0 Å². The molecule has 2 rings (SSSR count). The molecule has 2 amide bonds. The van der Waals surface area contributed by atoms with Gasteiger partial charge in [-0.05, 0) is 37.6 Å². The topological polar surface area (TPSA) is 104 Å². The minimum absolute atomic E-state index is 0.0360. The van der Waals surface area contributed by atoms with E-state index in [1.54, 1.807) is 19.9 Å². The Labute approximate surface area is 123 Å². The Morgan fingerprint density at radius 1 is 1.38 bits per heavy atom. The second-order valence-electron chi connectivity index (χ2n) is 4.74. The molecule has 1 aromatic rings. The fourth-order valence-corrected chi connectivity index (χ4v) is 3.08. The highest BCUT2D eigenvalue weighted by atomic mass is 32.2. The molecule has 114 valence electrons. The van der Waals surface area contributed by atoms with Crippen LogP contribution < -0.4 is 15.4 Å². The van der Waals surface area contributed by atoms with E-state index in [1.807, 2.05) is 0 Å². The number of benzene rings is 1. The fraction of sp³-hybridized carbons (Fsp3) is 0.385. The summed E-state index contributed by atoms with van der Waals surface area (Å²) in [7, 11) is -3.79. The Bertz CT molecular complexity index is 685. The molecule has 0 spiro atoms. The van der Waals surface area contributed by atoms with Gasteiger partial charge in [0.15, 0.2) is 0 Å². The molecule has 0 aromatic heterocycles. The average molecular weight is 311 g/mol. The number of nitrogens with one attached hydrogen (secondary N) is 3. The first-order valence-corrected chi connectivity index (χ1v) is 8.04. The van der Waals surface area contributed by atoms with Gasteiger partial charge < -0.3 is 10.6 Å². The summed E-state index contributed by atoms with van der Waals surface area (Å²) in [6.07, 6.45) is 0. The number of carbonyl (C=O) groups is 2. The SMILES string of the molecule is CCNC(=O)CNS(=O)(=O)c1ccc2c(c1)[C@H](C)C(=O)N2. The maximum atomic E-state index is 12.1. The van der Waals surface area contributed by atoms with Crippen LogP contribution in [0.25, 0.3) is 0 Å². The maximum absolute atomic E-state index is 12.1. The van der Waals surface area contributed by atoms with Crippen molar-refractivity contribution in [1.82, 2.24) is 10.0 Å².